The summed E-state index contributed by atoms with van der Waals surface area (Å²) in [6.45, 7) is 0. The zero-order valence-corrected chi connectivity index (χ0v) is 14.3. The van der Waals surface area contributed by atoms with E-state index in [1.165, 1.54) is 44.6 Å². The number of benzene rings is 2. The van der Waals surface area contributed by atoms with Crippen molar-refractivity contribution in [2.24, 2.45) is 0 Å². The minimum atomic E-state index is -1.03. The van der Waals surface area contributed by atoms with Gasteiger partial charge in [0.1, 0.15) is 5.75 Å². The Balaban J connectivity index is 0.000000277. The topological polar surface area (TPSA) is 162 Å². The van der Waals surface area contributed by atoms with Gasteiger partial charge in [-0.3, -0.25) is 25.0 Å². The zero-order chi connectivity index (χ0) is 20.6. The van der Waals surface area contributed by atoms with Crippen molar-refractivity contribution in [3.05, 3.63) is 62.2 Å². The number of hydrogen-bond acceptors (Lipinski definition) is 8. The van der Waals surface area contributed by atoms with E-state index in [9.17, 15) is 25.0 Å². The average molecular weight is 380 g/mol. The van der Waals surface area contributed by atoms with Crippen molar-refractivity contribution in [3.63, 3.8) is 0 Å². The fourth-order valence-electron chi connectivity index (χ4n) is 1.98. The number of aliphatic carboxylic acids is 1. The van der Waals surface area contributed by atoms with Gasteiger partial charge in [-0.2, -0.15) is 0 Å². The molecule has 2 N–H and O–H groups in total. The lowest BCUT2D eigenvalue weighted by atomic mass is 10.1. The maximum Gasteiger partial charge on any atom is 0.314 e. The number of nitro benzene ring substituents is 2. The molecule has 0 spiro atoms. The van der Waals surface area contributed by atoms with Crippen molar-refractivity contribution >= 4 is 17.3 Å². The van der Waals surface area contributed by atoms with Gasteiger partial charge in [0.05, 0.1) is 36.6 Å². The van der Waals surface area contributed by atoms with Gasteiger partial charge in [0.25, 0.3) is 0 Å². The first-order chi connectivity index (χ1) is 12.7. The fourth-order valence-corrected chi connectivity index (χ4v) is 1.98. The van der Waals surface area contributed by atoms with E-state index in [2.05, 4.69) is 0 Å². The molecule has 0 unspecified atom stereocenters. The number of nitrogens with zero attached hydrogens (tertiary/aromatic N) is 2. The molecule has 2 aromatic rings. The molecule has 11 heteroatoms. The van der Waals surface area contributed by atoms with Gasteiger partial charge in [0, 0.05) is 6.07 Å². The fraction of sp³-hybridized carbons (Fsp3) is 0.188. The van der Waals surface area contributed by atoms with Crippen LogP contribution in [0, 0.1) is 20.2 Å². The summed E-state index contributed by atoms with van der Waals surface area (Å²) >= 11 is 0. The zero-order valence-electron chi connectivity index (χ0n) is 14.3. The Morgan fingerprint density at radius 2 is 1.44 bits per heavy atom. The molecule has 0 radical (unpaired) electrons. The third-order valence-electron chi connectivity index (χ3n) is 3.15. The van der Waals surface area contributed by atoms with Crippen LogP contribution in [0.4, 0.5) is 11.4 Å². The Morgan fingerprint density at radius 3 is 1.89 bits per heavy atom. The standard InChI is InChI=1S/C9H9NO5.C7H7NO4/c1-15-8-3-2-6(5-9(11)12)4-7(8)10(13)14;1-12-7-3-2-5(9)4-6(7)8(10)11/h2-4H,5H2,1H3,(H,11,12);2-4,9H,1H3. The number of nitro groups is 2. The number of carboxylic acids is 1. The van der Waals surface area contributed by atoms with Crippen molar-refractivity contribution in [1.29, 1.82) is 0 Å². The summed E-state index contributed by atoms with van der Waals surface area (Å²) in [5, 5.41) is 38.4. The second-order valence-electron chi connectivity index (χ2n) is 4.95. The summed E-state index contributed by atoms with van der Waals surface area (Å²) in [5.74, 6) is -0.927. The van der Waals surface area contributed by atoms with E-state index in [1.807, 2.05) is 0 Å². The first-order valence-electron chi connectivity index (χ1n) is 7.24. The lowest BCUT2D eigenvalue weighted by Crippen LogP contribution is -2.01. The van der Waals surface area contributed by atoms with Crippen LogP contribution in [0.1, 0.15) is 5.56 Å². The van der Waals surface area contributed by atoms with E-state index in [0.29, 0.717) is 5.56 Å². The number of carbonyl (C=O) groups is 1. The highest BCUT2D eigenvalue weighted by molar-refractivity contribution is 5.71. The molecule has 0 aliphatic carbocycles. The Morgan fingerprint density at radius 1 is 0.963 bits per heavy atom. The number of rotatable bonds is 6. The summed E-state index contributed by atoms with van der Waals surface area (Å²) in [6.07, 6.45) is -0.245. The molecule has 0 saturated carbocycles. The van der Waals surface area contributed by atoms with Gasteiger partial charge in [0.2, 0.25) is 0 Å². The van der Waals surface area contributed by atoms with Gasteiger partial charge in [-0.1, -0.05) is 6.07 Å². The predicted octanol–water partition coefficient (Wildman–Crippen LogP) is 2.54. The quantitative estimate of drug-likeness (QED) is 0.566. The molecule has 2 aromatic carbocycles. The molecule has 0 aromatic heterocycles. The summed E-state index contributed by atoms with van der Waals surface area (Å²) < 4.78 is 9.49. The van der Waals surface area contributed by atoms with E-state index < -0.39 is 15.8 Å². The Kier molecular flexibility index (Phi) is 7.49. The minimum Gasteiger partial charge on any atom is -0.508 e. The molecule has 0 amide bonds. The molecule has 0 heterocycles. The number of phenols is 1. The molecule has 144 valence electrons. The van der Waals surface area contributed by atoms with Gasteiger partial charge in [0.15, 0.2) is 11.5 Å². The molecule has 0 saturated heterocycles. The lowest BCUT2D eigenvalue weighted by molar-refractivity contribution is -0.386. The van der Waals surface area contributed by atoms with Gasteiger partial charge in [-0.15, -0.1) is 0 Å². The summed E-state index contributed by atoms with van der Waals surface area (Å²) in [4.78, 5) is 30.1. The van der Waals surface area contributed by atoms with Crippen LogP contribution in [0.5, 0.6) is 17.2 Å². The first kappa shape index (κ1) is 21.2. The summed E-state index contributed by atoms with van der Waals surface area (Å²) in [5.41, 5.74) is -0.0937. The van der Waals surface area contributed by atoms with Crippen molar-refractivity contribution in [3.8, 4) is 17.2 Å². The van der Waals surface area contributed by atoms with Gasteiger partial charge < -0.3 is 19.7 Å². The smallest absolute Gasteiger partial charge is 0.314 e. The number of carboxylic acid groups (broad SMARTS) is 1. The van der Waals surface area contributed by atoms with Crippen LogP contribution in [-0.2, 0) is 11.2 Å². The van der Waals surface area contributed by atoms with E-state index in [1.54, 1.807) is 0 Å². The van der Waals surface area contributed by atoms with Crippen molar-refractivity contribution < 1.29 is 34.3 Å². The number of hydrogen-bond donors (Lipinski definition) is 2. The maximum atomic E-state index is 10.6. The molecule has 0 atom stereocenters. The summed E-state index contributed by atoms with van der Waals surface area (Å²) in [6, 6.07) is 7.78. The number of aromatic hydroxyl groups is 1. The van der Waals surface area contributed by atoms with Crippen LogP contribution >= 0.6 is 0 Å². The molecule has 0 fully saturated rings. The molecule has 0 aliphatic rings. The predicted molar refractivity (Wildman–Crippen MR) is 92.3 cm³/mol. The molecule has 2 rings (SSSR count). The van der Waals surface area contributed by atoms with E-state index in [4.69, 9.17) is 19.7 Å². The van der Waals surface area contributed by atoms with Crippen LogP contribution in [0.15, 0.2) is 36.4 Å². The van der Waals surface area contributed by atoms with Crippen molar-refractivity contribution in [2.45, 2.75) is 6.42 Å². The van der Waals surface area contributed by atoms with Crippen LogP contribution < -0.4 is 9.47 Å². The highest BCUT2D eigenvalue weighted by Gasteiger charge is 2.16. The van der Waals surface area contributed by atoms with Crippen LogP contribution in [-0.4, -0.2) is 40.2 Å². The van der Waals surface area contributed by atoms with Crippen LogP contribution in [0.2, 0.25) is 0 Å². The molecule has 0 aliphatic heterocycles. The molecular weight excluding hydrogens is 364 g/mol. The van der Waals surface area contributed by atoms with Gasteiger partial charge in [-0.05, 0) is 23.8 Å². The van der Waals surface area contributed by atoms with Crippen molar-refractivity contribution in [2.75, 3.05) is 14.2 Å². The molecule has 27 heavy (non-hydrogen) atoms. The maximum absolute atomic E-state index is 10.6. The highest BCUT2D eigenvalue weighted by atomic mass is 16.6. The van der Waals surface area contributed by atoms with Gasteiger partial charge >= 0.3 is 17.3 Å². The Hall–Kier alpha value is -3.89. The second-order valence-corrected chi connectivity index (χ2v) is 4.95. The first-order valence-corrected chi connectivity index (χ1v) is 7.24. The van der Waals surface area contributed by atoms with E-state index >= 15 is 0 Å². The van der Waals surface area contributed by atoms with Gasteiger partial charge in [-0.25, -0.2) is 0 Å². The van der Waals surface area contributed by atoms with Crippen molar-refractivity contribution in [1.82, 2.24) is 0 Å². The highest BCUT2D eigenvalue weighted by Crippen LogP contribution is 2.30. The third-order valence-corrected chi connectivity index (χ3v) is 3.15. The Labute approximate surface area is 152 Å². The SMILES string of the molecule is COc1ccc(CC(=O)O)cc1[N+](=O)[O-].COc1ccc(O)cc1[N+](=O)[O-]. The minimum absolute atomic E-state index is 0.120. The summed E-state index contributed by atoms with van der Waals surface area (Å²) in [7, 11) is 2.65. The van der Waals surface area contributed by atoms with Crippen LogP contribution in [0.25, 0.3) is 0 Å². The normalized spacial score (nSPS) is 9.56. The third kappa shape index (κ3) is 6.16. The Bertz CT molecular complexity index is 852. The number of methoxy groups -OCH3 is 2. The lowest BCUT2D eigenvalue weighted by Gasteiger charge is -2.02. The van der Waals surface area contributed by atoms with E-state index in [0.717, 1.165) is 6.07 Å². The second kappa shape index (κ2) is 9.56. The average Bonchev–Trinajstić information content (AvgIpc) is 2.61. The van der Waals surface area contributed by atoms with E-state index in [-0.39, 0.29) is 35.0 Å². The number of ether oxygens (including phenoxy) is 2. The monoisotopic (exact) mass is 380 g/mol. The van der Waals surface area contributed by atoms with Crippen LogP contribution in [0.3, 0.4) is 0 Å². The molecular formula is C16H16N2O9. The number of phenolic OH excluding ortho intramolecular Hbond substituents is 1. The molecule has 11 nitrogen and oxygen atoms in total. The molecule has 0 bridgehead atoms. The largest absolute Gasteiger partial charge is 0.508 e.